The van der Waals surface area contributed by atoms with Gasteiger partial charge in [0.15, 0.2) is 6.29 Å². The van der Waals surface area contributed by atoms with Crippen LogP contribution in [0.5, 0.6) is 5.75 Å². The molecule has 0 spiro atoms. The van der Waals surface area contributed by atoms with Crippen LogP contribution in [0.1, 0.15) is 21.1 Å². The molecule has 0 bridgehead atoms. The van der Waals surface area contributed by atoms with E-state index >= 15 is 0 Å². The third-order valence-corrected chi connectivity index (χ3v) is 3.70. The summed E-state index contributed by atoms with van der Waals surface area (Å²) in [5.74, 6) is 0.565. The molecule has 2 aromatic rings. The molecule has 0 amide bonds. The standard InChI is InChI=1S/C12H10BrNO2S/c1-8-7-17-11(14-8)6-16-12-9(5-15)3-2-4-10(12)13/h2-5,7H,6H2,1H3. The first kappa shape index (κ1) is 12.3. The molecule has 0 unspecified atom stereocenters. The number of thiazole rings is 1. The summed E-state index contributed by atoms with van der Waals surface area (Å²) in [6.45, 7) is 2.32. The largest absolute Gasteiger partial charge is 0.484 e. The van der Waals surface area contributed by atoms with E-state index in [1.807, 2.05) is 18.4 Å². The molecule has 3 nitrogen and oxygen atoms in total. The van der Waals surface area contributed by atoms with Crippen LogP contribution in [0.15, 0.2) is 28.1 Å². The summed E-state index contributed by atoms with van der Waals surface area (Å²) in [7, 11) is 0. The molecule has 1 heterocycles. The highest BCUT2D eigenvalue weighted by Crippen LogP contribution is 2.29. The average molecular weight is 312 g/mol. The van der Waals surface area contributed by atoms with Crippen LogP contribution in [0.4, 0.5) is 0 Å². The van der Waals surface area contributed by atoms with Crippen LogP contribution >= 0.6 is 27.3 Å². The smallest absolute Gasteiger partial charge is 0.153 e. The lowest BCUT2D eigenvalue weighted by molar-refractivity contribution is 0.111. The molecule has 0 radical (unpaired) electrons. The van der Waals surface area contributed by atoms with Gasteiger partial charge in [0, 0.05) is 11.1 Å². The molecule has 88 valence electrons. The lowest BCUT2D eigenvalue weighted by Gasteiger charge is -2.08. The summed E-state index contributed by atoms with van der Waals surface area (Å²) >= 11 is 4.91. The fraction of sp³-hybridized carbons (Fsp3) is 0.167. The van der Waals surface area contributed by atoms with Crippen LogP contribution in [0.25, 0.3) is 0 Å². The van der Waals surface area contributed by atoms with Gasteiger partial charge in [-0.15, -0.1) is 11.3 Å². The number of aryl methyl sites for hydroxylation is 1. The van der Waals surface area contributed by atoms with E-state index in [1.165, 1.54) is 0 Å². The summed E-state index contributed by atoms with van der Waals surface area (Å²) < 4.78 is 6.40. The zero-order valence-corrected chi connectivity index (χ0v) is 11.5. The Morgan fingerprint density at radius 1 is 1.53 bits per heavy atom. The summed E-state index contributed by atoms with van der Waals surface area (Å²) in [5.41, 5.74) is 1.52. The monoisotopic (exact) mass is 311 g/mol. The van der Waals surface area contributed by atoms with E-state index in [0.717, 1.165) is 21.5 Å². The van der Waals surface area contributed by atoms with Gasteiger partial charge < -0.3 is 4.74 Å². The van der Waals surface area contributed by atoms with Crippen molar-refractivity contribution in [3.63, 3.8) is 0 Å². The van der Waals surface area contributed by atoms with Crippen molar-refractivity contribution < 1.29 is 9.53 Å². The van der Waals surface area contributed by atoms with Crippen molar-refractivity contribution in [3.8, 4) is 5.75 Å². The number of rotatable bonds is 4. The van der Waals surface area contributed by atoms with E-state index in [-0.39, 0.29) is 0 Å². The summed E-state index contributed by atoms with van der Waals surface area (Å²) in [6.07, 6.45) is 0.785. The number of aromatic nitrogens is 1. The first-order chi connectivity index (χ1) is 8.20. The molecule has 0 aliphatic carbocycles. The Hall–Kier alpha value is -1.20. The second-order valence-corrected chi connectivity index (χ2v) is 5.24. The van der Waals surface area contributed by atoms with E-state index in [1.54, 1.807) is 23.5 Å². The van der Waals surface area contributed by atoms with Gasteiger partial charge in [0.25, 0.3) is 0 Å². The maximum Gasteiger partial charge on any atom is 0.153 e. The van der Waals surface area contributed by atoms with Gasteiger partial charge in [0.05, 0.1) is 10.0 Å². The van der Waals surface area contributed by atoms with Gasteiger partial charge in [0.1, 0.15) is 17.4 Å². The lowest BCUT2D eigenvalue weighted by Crippen LogP contribution is -1.98. The Kier molecular flexibility index (Phi) is 3.91. The van der Waals surface area contributed by atoms with E-state index in [2.05, 4.69) is 20.9 Å². The van der Waals surface area contributed by atoms with Crippen molar-refractivity contribution in [1.29, 1.82) is 0 Å². The van der Waals surface area contributed by atoms with E-state index in [9.17, 15) is 4.79 Å². The number of ether oxygens (including phenoxy) is 1. The molecular weight excluding hydrogens is 302 g/mol. The first-order valence-electron chi connectivity index (χ1n) is 4.98. The van der Waals surface area contributed by atoms with Crippen molar-refractivity contribution in [3.05, 3.63) is 44.3 Å². The maximum atomic E-state index is 10.9. The number of nitrogens with zero attached hydrogens (tertiary/aromatic N) is 1. The molecule has 0 N–H and O–H groups in total. The molecule has 0 aliphatic rings. The zero-order valence-electron chi connectivity index (χ0n) is 9.14. The topological polar surface area (TPSA) is 39.2 Å². The van der Waals surface area contributed by atoms with Crippen molar-refractivity contribution >= 4 is 33.6 Å². The Balaban J connectivity index is 2.16. The number of aldehydes is 1. The average Bonchev–Trinajstić information content (AvgIpc) is 2.73. The number of hydrogen-bond acceptors (Lipinski definition) is 4. The van der Waals surface area contributed by atoms with Crippen molar-refractivity contribution in [1.82, 2.24) is 4.98 Å². The number of halogens is 1. The molecule has 0 saturated heterocycles. The first-order valence-corrected chi connectivity index (χ1v) is 6.65. The molecule has 5 heteroatoms. The SMILES string of the molecule is Cc1csc(COc2c(Br)cccc2C=O)n1. The Bertz CT molecular complexity index is 539. The Labute approximate surface area is 112 Å². The van der Waals surface area contributed by atoms with E-state index < -0.39 is 0 Å². The fourth-order valence-electron chi connectivity index (χ4n) is 1.37. The van der Waals surface area contributed by atoms with Gasteiger partial charge in [-0.25, -0.2) is 4.98 Å². The normalized spacial score (nSPS) is 10.2. The third-order valence-electron chi connectivity index (χ3n) is 2.13. The number of carbonyl (C=O) groups is 1. The van der Waals surface area contributed by atoms with Crippen LogP contribution in [0.2, 0.25) is 0 Å². The minimum absolute atomic E-state index is 0.377. The molecule has 1 aromatic heterocycles. The molecular formula is C12H10BrNO2S. The predicted molar refractivity (Wildman–Crippen MR) is 70.7 cm³/mol. The number of carbonyl (C=O) groups excluding carboxylic acids is 1. The molecule has 0 aliphatic heterocycles. The van der Waals surface area contributed by atoms with Gasteiger partial charge >= 0.3 is 0 Å². The lowest BCUT2D eigenvalue weighted by atomic mass is 10.2. The highest BCUT2D eigenvalue weighted by molar-refractivity contribution is 9.10. The maximum absolute atomic E-state index is 10.9. The van der Waals surface area contributed by atoms with Gasteiger partial charge in [-0.2, -0.15) is 0 Å². The van der Waals surface area contributed by atoms with Crippen LogP contribution in [-0.2, 0) is 6.61 Å². The van der Waals surface area contributed by atoms with Gasteiger partial charge in [0.2, 0.25) is 0 Å². The van der Waals surface area contributed by atoms with Crippen molar-refractivity contribution in [2.24, 2.45) is 0 Å². The van der Waals surface area contributed by atoms with E-state index in [4.69, 9.17) is 4.74 Å². The minimum atomic E-state index is 0.377. The molecule has 0 atom stereocenters. The Morgan fingerprint density at radius 3 is 3.00 bits per heavy atom. The summed E-state index contributed by atoms with van der Waals surface area (Å²) in [4.78, 5) is 15.2. The molecule has 17 heavy (non-hydrogen) atoms. The van der Waals surface area contributed by atoms with Crippen LogP contribution < -0.4 is 4.74 Å². The quantitative estimate of drug-likeness (QED) is 0.810. The van der Waals surface area contributed by atoms with Gasteiger partial charge in [-0.1, -0.05) is 6.07 Å². The number of para-hydroxylation sites is 1. The zero-order chi connectivity index (χ0) is 12.3. The highest BCUT2D eigenvalue weighted by atomic mass is 79.9. The summed E-state index contributed by atoms with van der Waals surface area (Å²) in [5, 5.41) is 2.87. The van der Waals surface area contributed by atoms with Crippen LogP contribution in [0.3, 0.4) is 0 Å². The molecule has 2 rings (SSSR count). The molecule has 0 fully saturated rings. The van der Waals surface area contributed by atoms with Crippen molar-refractivity contribution in [2.75, 3.05) is 0 Å². The minimum Gasteiger partial charge on any atom is -0.484 e. The second-order valence-electron chi connectivity index (χ2n) is 3.45. The summed E-state index contributed by atoms with van der Waals surface area (Å²) in [6, 6.07) is 5.36. The third kappa shape index (κ3) is 2.92. The van der Waals surface area contributed by atoms with Crippen LogP contribution in [0, 0.1) is 6.92 Å². The second kappa shape index (κ2) is 5.42. The van der Waals surface area contributed by atoms with Gasteiger partial charge in [-0.3, -0.25) is 4.79 Å². The number of benzene rings is 1. The Morgan fingerprint density at radius 2 is 2.35 bits per heavy atom. The molecule has 1 aromatic carbocycles. The van der Waals surface area contributed by atoms with Crippen molar-refractivity contribution in [2.45, 2.75) is 13.5 Å². The fourth-order valence-corrected chi connectivity index (χ4v) is 2.55. The molecule has 0 saturated carbocycles. The van der Waals surface area contributed by atoms with Gasteiger partial charge in [-0.05, 0) is 35.0 Å². The highest BCUT2D eigenvalue weighted by Gasteiger charge is 2.08. The van der Waals surface area contributed by atoms with Crippen LogP contribution in [-0.4, -0.2) is 11.3 Å². The predicted octanol–water partition coefficient (Wildman–Crippen LogP) is 3.61. The van der Waals surface area contributed by atoms with E-state index in [0.29, 0.717) is 17.9 Å². The number of hydrogen-bond donors (Lipinski definition) is 0.